The summed E-state index contributed by atoms with van der Waals surface area (Å²) in [7, 11) is 0. The molecule has 0 unspecified atom stereocenters. The number of amides is 1. The molecule has 0 radical (unpaired) electrons. The molecule has 1 aromatic heterocycles. The molecule has 1 amide bonds. The first-order chi connectivity index (χ1) is 13.5. The molecular weight excluding hydrogens is 360 g/mol. The molecule has 2 bridgehead atoms. The number of hydrogen-bond donors (Lipinski definition) is 1. The zero-order valence-corrected chi connectivity index (χ0v) is 15.4. The van der Waals surface area contributed by atoms with Gasteiger partial charge < -0.3 is 19.3 Å². The first-order valence-corrected chi connectivity index (χ1v) is 9.39. The number of carbonyl (C=O) groups is 2. The number of benzene rings is 1. The van der Waals surface area contributed by atoms with Crippen molar-refractivity contribution in [2.75, 3.05) is 26.3 Å². The summed E-state index contributed by atoms with van der Waals surface area (Å²) >= 11 is 0. The van der Waals surface area contributed by atoms with E-state index in [-0.39, 0.29) is 29.9 Å². The maximum Gasteiger partial charge on any atom is 0.329 e. The molecule has 1 N–H and O–H groups in total. The number of hydrogen-bond acceptors (Lipinski definition) is 4. The van der Waals surface area contributed by atoms with Crippen molar-refractivity contribution in [2.45, 2.75) is 18.9 Å². The molecule has 0 spiro atoms. The average Bonchev–Trinajstić information content (AvgIpc) is 2.69. The van der Waals surface area contributed by atoms with Crippen LogP contribution >= 0.6 is 0 Å². The minimum atomic E-state index is -1.09. The molecule has 1 saturated heterocycles. The van der Waals surface area contributed by atoms with Gasteiger partial charge in [-0.2, -0.15) is 0 Å². The fourth-order valence-electron chi connectivity index (χ4n) is 4.40. The SMILES string of the molecule is O=C(O)COCC(=O)N1C[C@@H]2C[C@H](C1)c1c(-c3ccccc3)ccc(=O)n1C2. The Morgan fingerprint density at radius 2 is 1.82 bits per heavy atom. The second-order valence-electron chi connectivity index (χ2n) is 7.43. The van der Waals surface area contributed by atoms with Crippen molar-refractivity contribution in [3.63, 3.8) is 0 Å². The van der Waals surface area contributed by atoms with Crippen LogP contribution in [0.2, 0.25) is 0 Å². The molecular formula is C21H22N2O5. The van der Waals surface area contributed by atoms with Crippen LogP contribution in [0.25, 0.3) is 11.1 Å². The monoisotopic (exact) mass is 382 g/mol. The molecule has 1 aromatic carbocycles. The fraction of sp³-hybridized carbons (Fsp3) is 0.381. The number of fused-ring (bicyclic) bond motifs is 4. The van der Waals surface area contributed by atoms with Crippen LogP contribution in [0.3, 0.4) is 0 Å². The molecule has 2 aromatic rings. The Bertz CT molecular complexity index is 953. The van der Waals surface area contributed by atoms with Gasteiger partial charge in [0.15, 0.2) is 0 Å². The summed E-state index contributed by atoms with van der Waals surface area (Å²) in [6, 6.07) is 13.4. The molecule has 146 valence electrons. The Kier molecular flexibility index (Phi) is 5.00. The molecule has 7 nitrogen and oxygen atoms in total. The number of likely N-dealkylation sites (tertiary alicyclic amines) is 1. The highest BCUT2D eigenvalue weighted by atomic mass is 16.5. The standard InChI is InChI=1S/C21H22N2O5/c24-18-7-6-17(15-4-2-1-3-5-15)21-16-8-14(10-23(18)21)9-22(11-16)19(25)12-28-13-20(26)27/h1-7,14,16H,8-13H2,(H,26,27)/t14-,16+/m0/s1. The highest BCUT2D eigenvalue weighted by Gasteiger charge is 2.37. The van der Waals surface area contributed by atoms with E-state index in [0.717, 1.165) is 23.2 Å². The first-order valence-electron chi connectivity index (χ1n) is 9.39. The molecule has 4 rings (SSSR count). The molecule has 2 aliphatic rings. The quantitative estimate of drug-likeness (QED) is 0.848. The lowest BCUT2D eigenvalue weighted by Gasteiger charge is -2.43. The van der Waals surface area contributed by atoms with Crippen LogP contribution in [0.4, 0.5) is 0 Å². The van der Waals surface area contributed by atoms with Crippen molar-refractivity contribution in [3.05, 3.63) is 58.5 Å². The number of ether oxygens (including phenoxy) is 1. The summed E-state index contributed by atoms with van der Waals surface area (Å²) in [6.45, 7) is 0.940. The van der Waals surface area contributed by atoms with Crippen molar-refractivity contribution in [1.29, 1.82) is 0 Å². The van der Waals surface area contributed by atoms with Gasteiger partial charge in [0.1, 0.15) is 13.2 Å². The van der Waals surface area contributed by atoms with Gasteiger partial charge in [-0.25, -0.2) is 4.79 Å². The Balaban J connectivity index is 1.62. The number of rotatable bonds is 5. The van der Waals surface area contributed by atoms with E-state index < -0.39 is 12.6 Å². The predicted molar refractivity (Wildman–Crippen MR) is 102 cm³/mol. The van der Waals surface area contributed by atoms with E-state index in [4.69, 9.17) is 9.84 Å². The second kappa shape index (κ2) is 7.59. The lowest BCUT2D eigenvalue weighted by atomic mass is 9.80. The highest BCUT2D eigenvalue weighted by Crippen LogP contribution is 2.39. The van der Waals surface area contributed by atoms with Crippen LogP contribution in [0.15, 0.2) is 47.3 Å². The maximum absolute atomic E-state index is 12.5. The van der Waals surface area contributed by atoms with Gasteiger partial charge in [-0.3, -0.25) is 9.59 Å². The van der Waals surface area contributed by atoms with Crippen molar-refractivity contribution >= 4 is 11.9 Å². The van der Waals surface area contributed by atoms with Gasteiger partial charge in [0, 0.05) is 42.9 Å². The summed E-state index contributed by atoms with van der Waals surface area (Å²) in [5.41, 5.74) is 3.06. The van der Waals surface area contributed by atoms with E-state index in [2.05, 4.69) is 0 Å². The first kappa shape index (κ1) is 18.4. The van der Waals surface area contributed by atoms with E-state index in [1.165, 1.54) is 0 Å². The van der Waals surface area contributed by atoms with E-state index >= 15 is 0 Å². The van der Waals surface area contributed by atoms with Crippen LogP contribution in [0.5, 0.6) is 0 Å². The summed E-state index contributed by atoms with van der Waals surface area (Å²) in [5, 5.41) is 8.66. The molecule has 2 aliphatic heterocycles. The Hall–Kier alpha value is -2.93. The van der Waals surface area contributed by atoms with Gasteiger partial charge >= 0.3 is 5.97 Å². The zero-order chi connectivity index (χ0) is 19.7. The zero-order valence-electron chi connectivity index (χ0n) is 15.4. The second-order valence-corrected chi connectivity index (χ2v) is 7.43. The summed E-state index contributed by atoms with van der Waals surface area (Å²) in [4.78, 5) is 37.3. The predicted octanol–water partition coefficient (Wildman–Crippen LogP) is 1.56. The van der Waals surface area contributed by atoms with Crippen LogP contribution < -0.4 is 5.56 Å². The number of carbonyl (C=O) groups excluding carboxylic acids is 1. The number of carboxylic acid groups (broad SMARTS) is 1. The lowest BCUT2D eigenvalue weighted by molar-refractivity contribution is -0.146. The lowest BCUT2D eigenvalue weighted by Crippen LogP contribution is -2.50. The van der Waals surface area contributed by atoms with Crippen molar-refractivity contribution in [2.24, 2.45) is 5.92 Å². The minimum Gasteiger partial charge on any atom is -0.480 e. The number of pyridine rings is 1. The van der Waals surface area contributed by atoms with Crippen LogP contribution in [0, 0.1) is 5.92 Å². The van der Waals surface area contributed by atoms with Crippen LogP contribution in [-0.2, 0) is 20.9 Å². The third kappa shape index (κ3) is 3.57. The van der Waals surface area contributed by atoms with E-state index in [1.807, 2.05) is 41.0 Å². The molecule has 2 atom stereocenters. The van der Waals surface area contributed by atoms with Gasteiger partial charge in [-0.1, -0.05) is 30.3 Å². The normalized spacial score (nSPS) is 20.5. The highest BCUT2D eigenvalue weighted by molar-refractivity contribution is 5.78. The van der Waals surface area contributed by atoms with Gasteiger partial charge in [0.2, 0.25) is 5.91 Å². The number of aromatic nitrogens is 1. The third-order valence-corrected chi connectivity index (χ3v) is 5.48. The van der Waals surface area contributed by atoms with Crippen LogP contribution in [-0.4, -0.2) is 52.8 Å². The molecule has 0 saturated carbocycles. The van der Waals surface area contributed by atoms with Crippen molar-refractivity contribution in [3.8, 4) is 11.1 Å². The average molecular weight is 382 g/mol. The molecule has 28 heavy (non-hydrogen) atoms. The third-order valence-electron chi connectivity index (χ3n) is 5.48. The van der Waals surface area contributed by atoms with E-state index in [9.17, 15) is 14.4 Å². The Labute approximate surface area is 162 Å². The molecule has 1 fully saturated rings. The van der Waals surface area contributed by atoms with Crippen molar-refractivity contribution < 1.29 is 19.4 Å². The van der Waals surface area contributed by atoms with Gasteiger partial charge in [0.05, 0.1) is 0 Å². The largest absolute Gasteiger partial charge is 0.480 e. The van der Waals surface area contributed by atoms with Crippen molar-refractivity contribution in [1.82, 2.24) is 9.47 Å². The number of piperidine rings is 1. The van der Waals surface area contributed by atoms with E-state index in [1.54, 1.807) is 11.0 Å². The van der Waals surface area contributed by atoms with Gasteiger partial charge in [-0.15, -0.1) is 0 Å². The smallest absolute Gasteiger partial charge is 0.329 e. The maximum atomic E-state index is 12.5. The number of carboxylic acids is 1. The van der Waals surface area contributed by atoms with Gasteiger partial charge in [0.25, 0.3) is 5.56 Å². The van der Waals surface area contributed by atoms with E-state index in [0.29, 0.717) is 19.6 Å². The number of aliphatic carboxylic acids is 1. The topological polar surface area (TPSA) is 88.8 Å². The summed E-state index contributed by atoms with van der Waals surface area (Å²) in [6.07, 6.45) is 0.934. The number of nitrogens with zero attached hydrogens (tertiary/aromatic N) is 2. The molecule has 3 heterocycles. The fourth-order valence-corrected chi connectivity index (χ4v) is 4.40. The molecule has 0 aliphatic carbocycles. The Morgan fingerprint density at radius 1 is 1.04 bits per heavy atom. The minimum absolute atomic E-state index is 0.00560. The molecule has 7 heteroatoms. The van der Waals surface area contributed by atoms with Gasteiger partial charge in [-0.05, 0) is 24.0 Å². The van der Waals surface area contributed by atoms with Crippen LogP contribution in [0.1, 0.15) is 18.0 Å². The summed E-state index contributed by atoms with van der Waals surface area (Å²) in [5.74, 6) is -1.02. The Morgan fingerprint density at radius 3 is 2.57 bits per heavy atom. The summed E-state index contributed by atoms with van der Waals surface area (Å²) < 4.78 is 6.83.